The highest BCUT2D eigenvalue weighted by Gasteiger charge is 2.30. The van der Waals surface area contributed by atoms with E-state index in [4.69, 9.17) is 0 Å². The third-order valence-electron chi connectivity index (χ3n) is 1.83. The van der Waals surface area contributed by atoms with E-state index in [0.717, 1.165) is 4.47 Å². The molecule has 0 saturated carbocycles. The molecule has 15 heavy (non-hydrogen) atoms. The van der Waals surface area contributed by atoms with Crippen LogP contribution in [0.4, 0.5) is 13.2 Å². The van der Waals surface area contributed by atoms with Gasteiger partial charge in [-0.3, -0.25) is 0 Å². The number of hydrogen-bond acceptors (Lipinski definition) is 1. The molecule has 0 bridgehead atoms. The Morgan fingerprint density at radius 3 is 2.67 bits per heavy atom. The number of halogens is 4. The Balaban J connectivity index is 2.48. The van der Waals surface area contributed by atoms with Crippen LogP contribution in [0.25, 0.3) is 10.9 Å². The van der Waals surface area contributed by atoms with Crippen molar-refractivity contribution in [2.24, 2.45) is 0 Å². The summed E-state index contributed by atoms with van der Waals surface area (Å²) in [6.07, 6.45) is 1.37. The van der Waals surface area contributed by atoms with Crippen molar-refractivity contribution in [1.29, 1.82) is 0 Å². The predicted molar refractivity (Wildman–Crippen MR) is 57.9 cm³/mol. The lowest BCUT2D eigenvalue weighted by molar-refractivity contribution is -0.0327. The zero-order valence-electron chi connectivity index (χ0n) is 7.23. The van der Waals surface area contributed by atoms with Gasteiger partial charge in [0.2, 0.25) is 0 Å². The third-order valence-corrected chi connectivity index (χ3v) is 3.11. The Kier molecular flexibility index (Phi) is 2.72. The highest BCUT2D eigenvalue weighted by molar-refractivity contribution is 9.10. The van der Waals surface area contributed by atoms with Gasteiger partial charge in [0.15, 0.2) is 0 Å². The molecule has 6 heteroatoms. The van der Waals surface area contributed by atoms with E-state index in [1.807, 2.05) is 0 Å². The molecule has 1 aromatic heterocycles. The molecule has 0 aliphatic carbocycles. The first kappa shape index (κ1) is 10.9. The largest absolute Gasteiger partial charge is 0.446 e. The number of nitrogens with one attached hydrogen (secondary N) is 1. The number of aromatic amines is 1. The van der Waals surface area contributed by atoms with Crippen molar-refractivity contribution in [2.45, 2.75) is 10.4 Å². The third kappa shape index (κ3) is 2.49. The van der Waals surface area contributed by atoms with E-state index in [1.54, 1.807) is 18.2 Å². The molecule has 0 saturated heterocycles. The van der Waals surface area contributed by atoms with Gasteiger partial charge in [0, 0.05) is 26.5 Å². The highest BCUT2D eigenvalue weighted by Crippen LogP contribution is 2.40. The summed E-state index contributed by atoms with van der Waals surface area (Å²) < 4.78 is 37.3. The highest BCUT2D eigenvalue weighted by atomic mass is 79.9. The molecule has 0 atom stereocenters. The standard InChI is InChI=1S/C9H5BrF3NS/c10-5-1-2-7-6(3-5)8(4-14-7)15-9(11,12)13/h1-4,14H. The van der Waals surface area contributed by atoms with Crippen molar-refractivity contribution in [2.75, 3.05) is 0 Å². The van der Waals surface area contributed by atoms with Gasteiger partial charge in [-0.25, -0.2) is 0 Å². The lowest BCUT2D eigenvalue weighted by atomic mass is 10.2. The van der Waals surface area contributed by atoms with Crippen LogP contribution in [0, 0.1) is 0 Å². The van der Waals surface area contributed by atoms with Crippen molar-refractivity contribution in [3.63, 3.8) is 0 Å². The molecule has 0 fully saturated rings. The van der Waals surface area contributed by atoms with Gasteiger partial charge in [-0.2, -0.15) is 13.2 Å². The molecule has 0 unspecified atom stereocenters. The second-order valence-corrected chi connectivity index (χ2v) is 4.91. The van der Waals surface area contributed by atoms with E-state index < -0.39 is 5.51 Å². The quantitative estimate of drug-likeness (QED) is 0.764. The van der Waals surface area contributed by atoms with E-state index in [0.29, 0.717) is 10.9 Å². The van der Waals surface area contributed by atoms with E-state index in [1.165, 1.54) is 6.20 Å². The maximum Gasteiger partial charge on any atom is 0.446 e. The van der Waals surface area contributed by atoms with Crippen molar-refractivity contribution in [3.05, 3.63) is 28.9 Å². The summed E-state index contributed by atoms with van der Waals surface area (Å²) in [7, 11) is 0. The summed E-state index contributed by atoms with van der Waals surface area (Å²) >= 11 is 3.12. The Morgan fingerprint density at radius 1 is 1.27 bits per heavy atom. The van der Waals surface area contributed by atoms with Crippen molar-refractivity contribution in [1.82, 2.24) is 4.98 Å². The lowest BCUT2D eigenvalue weighted by Crippen LogP contribution is -1.98. The normalized spacial score (nSPS) is 12.3. The summed E-state index contributed by atoms with van der Waals surface area (Å²) in [4.78, 5) is 2.99. The van der Waals surface area contributed by atoms with Gasteiger partial charge in [0.25, 0.3) is 0 Å². The summed E-state index contributed by atoms with van der Waals surface area (Å²) in [6, 6.07) is 5.18. The molecule has 1 aromatic carbocycles. The molecular formula is C9H5BrF3NS. The Hall–Kier alpha value is -0.620. The average Bonchev–Trinajstić information content (AvgIpc) is 2.46. The van der Waals surface area contributed by atoms with Crippen LogP contribution in [0.3, 0.4) is 0 Å². The van der Waals surface area contributed by atoms with Crippen LogP contribution in [0.5, 0.6) is 0 Å². The predicted octanol–water partition coefficient (Wildman–Crippen LogP) is 4.54. The fraction of sp³-hybridized carbons (Fsp3) is 0.111. The van der Waals surface area contributed by atoms with Crippen LogP contribution >= 0.6 is 27.7 Å². The smallest absolute Gasteiger partial charge is 0.360 e. The van der Waals surface area contributed by atoms with E-state index in [9.17, 15) is 13.2 Å². The first-order chi connectivity index (χ1) is 6.96. The zero-order chi connectivity index (χ0) is 11.1. The molecule has 1 nitrogen and oxygen atoms in total. The van der Waals surface area contributed by atoms with E-state index in [2.05, 4.69) is 20.9 Å². The van der Waals surface area contributed by atoms with Crippen LogP contribution in [0.2, 0.25) is 0 Å². The molecule has 0 aliphatic rings. The maximum absolute atomic E-state index is 12.2. The van der Waals surface area contributed by atoms with E-state index in [-0.39, 0.29) is 16.7 Å². The lowest BCUT2D eigenvalue weighted by Gasteiger charge is -2.03. The number of rotatable bonds is 1. The summed E-state index contributed by atoms with van der Waals surface area (Å²) in [5.74, 6) is 0. The van der Waals surface area contributed by atoms with Crippen molar-refractivity contribution >= 4 is 38.6 Å². The number of alkyl halides is 3. The molecule has 0 spiro atoms. The number of benzene rings is 1. The van der Waals surface area contributed by atoms with Gasteiger partial charge < -0.3 is 4.98 Å². The minimum atomic E-state index is -4.25. The Morgan fingerprint density at radius 2 is 2.00 bits per heavy atom. The topological polar surface area (TPSA) is 15.8 Å². The molecule has 1 N–H and O–H groups in total. The number of hydrogen-bond donors (Lipinski definition) is 1. The monoisotopic (exact) mass is 295 g/mol. The fourth-order valence-electron chi connectivity index (χ4n) is 1.28. The Labute approximate surface area is 96.2 Å². The molecule has 0 aliphatic heterocycles. The minimum Gasteiger partial charge on any atom is -0.360 e. The number of H-pyrrole nitrogens is 1. The van der Waals surface area contributed by atoms with Gasteiger partial charge in [0.1, 0.15) is 0 Å². The first-order valence-electron chi connectivity index (χ1n) is 3.98. The van der Waals surface area contributed by atoms with Crippen LogP contribution in [0.15, 0.2) is 33.8 Å². The number of thioether (sulfide) groups is 1. The molecule has 80 valence electrons. The first-order valence-corrected chi connectivity index (χ1v) is 5.59. The van der Waals surface area contributed by atoms with Crippen LogP contribution in [-0.4, -0.2) is 10.5 Å². The van der Waals surface area contributed by atoms with Gasteiger partial charge >= 0.3 is 5.51 Å². The molecule has 1 heterocycles. The second kappa shape index (κ2) is 3.75. The van der Waals surface area contributed by atoms with Gasteiger partial charge in [-0.1, -0.05) is 15.9 Å². The van der Waals surface area contributed by atoms with Gasteiger partial charge in [-0.15, -0.1) is 0 Å². The zero-order valence-corrected chi connectivity index (χ0v) is 9.63. The maximum atomic E-state index is 12.2. The van der Waals surface area contributed by atoms with Gasteiger partial charge in [-0.05, 0) is 30.0 Å². The van der Waals surface area contributed by atoms with Crippen LogP contribution < -0.4 is 0 Å². The SMILES string of the molecule is FC(F)(F)Sc1c[nH]c2ccc(Br)cc12. The minimum absolute atomic E-state index is 0.106. The molecule has 2 aromatic rings. The molecule has 2 rings (SSSR count). The number of aromatic nitrogens is 1. The summed E-state index contributed by atoms with van der Waals surface area (Å²) in [5.41, 5.74) is -3.55. The van der Waals surface area contributed by atoms with E-state index >= 15 is 0 Å². The van der Waals surface area contributed by atoms with Crippen LogP contribution in [-0.2, 0) is 0 Å². The summed E-state index contributed by atoms with van der Waals surface area (Å²) in [5, 5.41) is 0.576. The average molecular weight is 296 g/mol. The second-order valence-electron chi connectivity index (χ2n) is 2.89. The Bertz CT molecular complexity index is 492. The fourth-order valence-corrected chi connectivity index (χ4v) is 2.28. The van der Waals surface area contributed by atoms with Crippen molar-refractivity contribution < 1.29 is 13.2 Å². The molecule has 0 amide bonds. The molecular weight excluding hydrogens is 291 g/mol. The van der Waals surface area contributed by atoms with Gasteiger partial charge in [0.05, 0.1) is 0 Å². The number of fused-ring (bicyclic) bond motifs is 1. The van der Waals surface area contributed by atoms with Crippen LogP contribution in [0.1, 0.15) is 0 Å². The molecule has 0 radical (unpaired) electrons. The van der Waals surface area contributed by atoms with Crippen molar-refractivity contribution in [3.8, 4) is 0 Å². The summed E-state index contributed by atoms with van der Waals surface area (Å²) in [6.45, 7) is 0.